The second-order valence-electron chi connectivity index (χ2n) is 7.60. The summed E-state index contributed by atoms with van der Waals surface area (Å²) in [6, 6.07) is 9.39. The highest BCUT2D eigenvalue weighted by molar-refractivity contribution is 6.09. The van der Waals surface area contributed by atoms with E-state index in [1.54, 1.807) is 70.7 Å². The van der Waals surface area contributed by atoms with Crippen LogP contribution in [0.3, 0.4) is 0 Å². The second kappa shape index (κ2) is 10.2. The van der Waals surface area contributed by atoms with Crippen molar-refractivity contribution >= 4 is 28.5 Å². The Bertz CT molecular complexity index is 1430. The molecule has 2 N–H and O–H groups in total. The number of fused-ring (bicyclic) bond motifs is 1. The summed E-state index contributed by atoms with van der Waals surface area (Å²) in [5.74, 6) is 2.09. The molecule has 0 fully saturated rings. The Kier molecular flexibility index (Phi) is 6.91. The van der Waals surface area contributed by atoms with Crippen molar-refractivity contribution in [3.8, 4) is 28.7 Å². The Morgan fingerprint density at radius 3 is 2.28 bits per heavy atom. The number of pyridine rings is 1. The van der Waals surface area contributed by atoms with E-state index in [2.05, 4.69) is 20.8 Å². The number of carbonyl (C=O) groups is 2. The molecule has 0 bridgehead atoms. The van der Waals surface area contributed by atoms with Gasteiger partial charge in [0.1, 0.15) is 28.6 Å². The number of hydrogen-bond acceptors (Lipinski definition) is 9. The Balaban J connectivity index is 1.54. The highest BCUT2D eigenvalue weighted by atomic mass is 16.5. The topological polar surface area (TPSA) is 134 Å². The first-order valence-electron chi connectivity index (χ1n) is 10.8. The number of aromatic nitrogens is 2. The van der Waals surface area contributed by atoms with Crippen LogP contribution in [0.4, 0.5) is 10.5 Å². The van der Waals surface area contributed by atoms with Gasteiger partial charge in [-0.2, -0.15) is 0 Å². The van der Waals surface area contributed by atoms with E-state index in [-0.39, 0.29) is 5.56 Å². The van der Waals surface area contributed by atoms with Crippen LogP contribution >= 0.6 is 0 Å². The van der Waals surface area contributed by atoms with Crippen molar-refractivity contribution in [2.24, 2.45) is 0 Å². The molecule has 0 atom stereocenters. The Morgan fingerprint density at radius 1 is 0.889 bits per heavy atom. The predicted molar refractivity (Wildman–Crippen MR) is 130 cm³/mol. The van der Waals surface area contributed by atoms with Gasteiger partial charge in [-0.05, 0) is 38.1 Å². The third-order valence-electron chi connectivity index (χ3n) is 5.34. The molecular weight excluding hydrogens is 468 g/mol. The van der Waals surface area contributed by atoms with Crippen LogP contribution in [0.5, 0.6) is 28.7 Å². The molecule has 0 aliphatic heterocycles. The van der Waals surface area contributed by atoms with Crippen LogP contribution in [0.2, 0.25) is 0 Å². The molecule has 2 aromatic heterocycles. The summed E-state index contributed by atoms with van der Waals surface area (Å²) in [7, 11) is 4.56. The third-order valence-corrected chi connectivity index (χ3v) is 5.34. The standard InChI is InChI=1S/C25H24N4O7/c1-13-23(14(2)36-29-13)24(30)28-25(31)27-17-7-6-15(10-20(17)32-3)35-19-8-9-26-18-12-22(34-5)21(33-4)11-16(18)19/h6-12H,1-5H3,(H2,27,28,30,31). The number of nitrogens with one attached hydrogen (secondary N) is 2. The molecule has 0 aliphatic rings. The zero-order valence-electron chi connectivity index (χ0n) is 20.3. The van der Waals surface area contributed by atoms with Gasteiger partial charge in [0, 0.05) is 23.7 Å². The summed E-state index contributed by atoms with van der Waals surface area (Å²) in [6.07, 6.45) is 1.62. The fourth-order valence-electron chi connectivity index (χ4n) is 3.63. The number of ether oxygens (including phenoxy) is 4. The number of carbonyl (C=O) groups excluding carboxylic acids is 2. The Labute approximate surface area is 206 Å². The summed E-state index contributed by atoms with van der Waals surface area (Å²) >= 11 is 0. The zero-order chi connectivity index (χ0) is 25.8. The average molecular weight is 492 g/mol. The van der Waals surface area contributed by atoms with Gasteiger partial charge in [0.05, 0.1) is 38.2 Å². The summed E-state index contributed by atoms with van der Waals surface area (Å²) in [5, 5.41) is 9.29. The van der Waals surface area contributed by atoms with E-state index in [4.69, 9.17) is 23.5 Å². The number of hydrogen-bond donors (Lipinski definition) is 2. The molecule has 2 aromatic carbocycles. The smallest absolute Gasteiger partial charge is 0.326 e. The van der Waals surface area contributed by atoms with Gasteiger partial charge in [0.2, 0.25) is 0 Å². The third kappa shape index (κ3) is 4.85. The van der Waals surface area contributed by atoms with Crippen LogP contribution in [0.25, 0.3) is 10.9 Å². The van der Waals surface area contributed by atoms with Crippen LogP contribution in [-0.4, -0.2) is 43.4 Å². The van der Waals surface area contributed by atoms with Gasteiger partial charge in [0.15, 0.2) is 11.5 Å². The van der Waals surface area contributed by atoms with E-state index >= 15 is 0 Å². The largest absolute Gasteiger partial charge is 0.494 e. The van der Waals surface area contributed by atoms with Gasteiger partial charge in [0.25, 0.3) is 5.91 Å². The van der Waals surface area contributed by atoms with Crippen molar-refractivity contribution in [2.45, 2.75) is 13.8 Å². The molecule has 0 spiro atoms. The molecule has 0 unspecified atom stereocenters. The van der Waals surface area contributed by atoms with Gasteiger partial charge in [-0.1, -0.05) is 5.16 Å². The average Bonchev–Trinajstić information content (AvgIpc) is 3.21. The summed E-state index contributed by atoms with van der Waals surface area (Å²) in [6.45, 7) is 3.21. The number of urea groups is 1. The van der Waals surface area contributed by atoms with Crippen LogP contribution < -0.4 is 29.6 Å². The maximum absolute atomic E-state index is 12.4. The molecule has 0 saturated heterocycles. The maximum Gasteiger partial charge on any atom is 0.326 e. The minimum absolute atomic E-state index is 0.208. The van der Waals surface area contributed by atoms with Gasteiger partial charge in [-0.25, -0.2) is 4.79 Å². The maximum atomic E-state index is 12.4. The monoisotopic (exact) mass is 492 g/mol. The molecule has 0 aliphatic carbocycles. The molecule has 36 heavy (non-hydrogen) atoms. The highest BCUT2D eigenvalue weighted by Gasteiger charge is 2.20. The van der Waals surface area contributed by atoms with Crippen molar-refractivity contribution in [1.82, 2.24) is 15.5 Å². The first kappa shape index (κ1) is 24.3. The lowest BCUT2D eigenvalue weighted by atomic mass is 10.1. The van der Waals surface area contributed by atoms with Crippen LogP contribution in [-0.2, 0) is 0 Å². The molecule has 2 heterocycles. The van der Waals surface area contributed by atoms with E-state index in [0.29, 0.717) is 56.8 Å². The van der Waals surface area contributed by atoms with E-state index < -0.39 is 11.9 Å². The fraction of sp³-hybridized carbons (Fsp3) is 0.200. The number of nitrogens with zero attached hydrogens (tertiary/aromatic N) is 2. The Hall–Kier alpha value is -4.80. The minimum atomic E-state index is -0.742. The molecule has 0 saturated carbocycles. The highest BCUT2D eigenvalue weighted by Crippen LogP contribution is 2.38. The van der Waals surface area contributed by atoms with E-state index in [1.165, 1.54) is 7.11 Å². The van der Waals surface area contributed by atoms with Crippen LogP contribution in [0.1, 0.15) is 21.8 Å². The van der Waals surface area contributed by atoms with E-state index in [9.17, 15) is 9.59 Å². The molecule has 3 amide bonds. The van der Waals surface area contributed by atoms with Crippen LogP contribution in [0.15, 0.2) is 47.1 Å². The lowest BCUT2D eigenvalue weighted by Gasteiger charge is -2.14. The number of benzene rings is 2. The fourth-order valence-corrected chi connectivity index (χ4v) is 3.63. The first-order chi connectivity index (χ1) is 17.3. The quantitative estimate of drug-likeness (QED) is 0.379. The number of rotatable bonds is 7. The van der Waals surface area contributed by atoms with Crippen molar-refractivity contribution in [2.75, 3.05) is 26.6 Å². The normalized spacial score (nSPS) is 10.6. The van der Waals surface area contributed by atoms with Crippen molar-refractivity contribution < 1.29 is 33.1 Å². The predicted octanol–water partition coefficient (Wildman–Crippen LogP) is 4.62. The molecule has 0 radical (unpaired) electrons. The summed E-state index contributed by atoms with van der Waals surface area (Å²) < 4.78 is 27.2. The van der Waals surface area contributed by atoms with Gasteiger partial charge >= 0.3 is 6.03 Å². The van der Waals surface area contributed by atoms with Gasteiger partial charge < -0.3 is 28.8 Å². The number of methoxy groups -OCH3 is 3. The van der Waals surface area contributed by atoms with Gasteiger partial charge in [-0.3, -0.25) is 15.1 Å². The molecule has 4 rings (SSSR count). The number of anilines is 1. The number of aryl methyl sites for hydroxylation is 2. The van der Waals surface area contributed by atoms with Crippen molar-refractivity contribution in [3.63, 3.8) is 0 Å². The molecule has 4 aromatic rings. The molecule has 11 heteroatoms. The van der Waals surface area contributed by atoms with Crippen molar-refractivity contribution in [1.29, 1.82) is 0 Å². The molecule has 11 nitrogen and oxygen atoms in total. The number of amides is 3. The zero-order valence-corrected chi connectivity index (χ0v) is 20.3. The van der Waals surface area contributed by atoms with E-state index in [1.807, 2.05) is 0 Å². The summed E-state index contributed by atoms with van der Waals surface area (Å²) in [5.41, 5.74) is 1.59. The van der Waals surface area contributed by atoms with E-state index in [0.717, 1.165) is 0 Å². The first-order valence-corrected chi connectivity index (χ1v) is 10.8. The summed E-state index contributed by atoms with van der Waals surface area (Å²) in [4.78, 5) is 29.2. The number of imide groups is 1. The lowest BCUT2D eigenvalue weighted by molar-refractivity contribution is 0.0965. The van der Waals surface area contributed by atoms with Crippen molar-refractivity contribution in [3.05, 3.63) is 59.6 Å². The SMILES string of the molecule is COc1cc(Oc2ccnc3cc(OC)c(OC)cc23)ccc1NC(=O)NC(=O)c1c(C)noc1C. The molecular formula is C25H24N4O7. The second-order valence-corrected chi connectivity index (χ2v) is 7.60. The minimum Gasteiger partial charge on any atom is -0.494 e. The lowest BCUT2D eigenvalue weighted by Crippen LogP contribution is -2.34. The molecule has 186 valence electrons. The van der Waals surface area contributed by atoms with Crippen LogP contribution in [0, 0.1) is 13.8 Å². The Morgan fingerprint density at radius 2 is 1.61 bits per heavy atom. The van der Waals surface area contributed by atoms with Gasteiger partial charge in [-0.15, -0.1) is 0 Å².